The molecule has 0 unspecified atom stereocenters. The van der Waals surface area contributed by atoms with Crippen LogP contribution in [0.3, 0.4) is 0 Å². The van der Waals surface area contributed by atoms with E-state index in [1.165, 1.54) is 12.1 Å². The Morgan fingerprint density at radius 3 is 2.75 bits per heavy atom. The molecule has 1 heterocycles. The summed E-state index contributed by atoms with van der Waals surface area (Å²) in [5.41, 5.74) is 7.40. The van der Waals surface area contributed by atoms with E-state index in [9.17, 15) is 4.39 Å². The fourth-order valence-electron chi connectivity index (χ4n) is 2.24. The van der Waals surface area contributed by atoms with Crippen molar-refractivity contribution in [3.05, 3.63) is 52.8 Å². The molecule has 0 saturated carbocycles. The van der Waals surface area contributed by atoms with Crippen molar-refractivity contribution in [1.82, 2.24) is 0 Å². The first-order valence-electron chi connectivity index (χ1n) is 7.52. The predicted octanol–water partition coefficient (Wildman–Crippen LogP) is 3.57. The Kier molecular flexibility index (Phi) is 5.05. The third-order valence-corrected chi connectivity index (χ3v) is 3.73. The molecule has 0 atom stereocenters. The summed E-state index contributed by atoms with van der Waals surface area (Å²) in [4.78, 5) is 4.22. The lowest BCUT2D eigenvalue weighted by Gasteiger charge is -2.10. The van der Waals surface area contributed by atoms with Gasteiger partial charge in [0, 0.05) is 18.2 Å². The number of nitrogens with one attached hydrogen (secondary N) is 1. The minimum atomic E-state index is -0.456. The molecule has 3 rings (SSSR count). The number of nitrogens with zero attached hydrogens (tertiary/aromatic N) is 1. The number of rotatable bonds is 3. The molecule has 0 radical (unpaired) electrons. The second-order valence-electron chi connectivity index (χ2n) is 5.29. The van der Waals surface area contributed by atoms with Crippen LogP contribution in [0.15, 0.2) is 41.4 Å². The smallest absolute Gasteiger partial charge is 0.193 e. The van der Waals surface area contributed by atoms with E-state index in [1.807, 2.05) is 18.2 Å². The summed E-state index contributed by atoms with van der Waals surface area (Å²) in [6.45, 7) is 1.55. The SMILES string of the molecule is NC(=NCc1ccc(F)c(Cl)c1)Nc1ccc2c(c1)OCCCO2. The first kappa shape index (κ1) is 16.4. The van der Waals surface area contributed by atoms with Crippen molar-refractivity contribution in [1.29, 1.82) is 0 Å². The highest BCUT2D eigenvalue weighted by Crippen LogP contribution is 2.32. The van der Waals surface area contributed by atoms with E-state index in [4.69, 9.17) is 26.8 Å². The summed E-state index contributed by atoms with van der Waals surface area (Å²) < 4.78 is 24.3. The summed E-state index contributed by atoms with van der Waals surface area (Å²) >= 11 is 5.74. The second kappa shape index (κ2) is 7.40. The molecule has 1 aliphatic heterocycles. The highest BCUT2D eigenvalue weighted by molar-refractivity contribution is 6.30. The Bertz CT molecular complexity index is 767. The summed E-state index contributed by atoms with van der Waals surface area (Å²) in [5.74, 6) is 1.18. The molecule has 0 spiro atoms. The molecule has 0 aliphatic carbocycles. The maximum Gasteiger partial charge on any atom is 0.193 e. The van der Waals surface area contributed by atoms with Crippen molar-refractivity contribution < 1.29 is 13.9 Å². The van der Waals surface area contributed by atoms with E-state index >= 15 is 0 Å². The predicted molar refractivity (Wildman–Crippen MR) is 92.4 cm³/mol. The van der Waals surface area contributed by atoms with Gasteiger partial charge in [-0.1, -0.05) is 17.7 Å². The van der Waals surface area contributed by atoms with Gasteiger partial charge in [-0.3, -0.25) is 0 Å². The number of aliphatic imine (C=N–C) groups is 1. The lowest BCUT2D eigenvalue weighted by atomic mass is 10.2. The first-order chi connectivity index (χ1) is 11.6. The van der Waals surface area contributed by atoms with E-state index in [0.717, 1.165) is 23.4 Å². The zero-order valence-electron chi connectivity index (χ0n) is 12.9. The zero-order chi connectivity index (χ0) is 16.9. The maximum absolute atomic E-state index is 13.1. The first-order valence-corrected chi connectivity index (χ1v) is 7.90. The Labute approximate surface area is 144 Å². The zero-order valence-corrected chi connectivity index (χ0v) is 13.6. The van der Waals surface area contributed by atoms with Gasteiger partial charge in [-0.15, -0.1) is 0 Å². The van der Waals surface area contributed by atoms with E-state index in [-0.39, 0.29) is 11.0 Å². The van der Waals surface area contributed by atoms with Gasteiger partial charge in [-0.05, 0) is 29.8 Å². The van der Waals surface area contributed by atoms with Gasteiger partial charge < -0.3 is 20.5 Å². The Hall–Kier alpha value is -2.47. The third kappa shape index (κ3) is 4.08. The van der Waals surface area contributed by atoms with Crippen LogP contribution in [0.25, 0.3) is 0 Å². The number of fused-ring (bicyclic) bond motifs is 1. The van der Waals surface area contributed by atoms with Gasteiger partial charge in [-0.25, -0.2) is 9.38 Å². The highest BCUT2D eigenvalue weighted by Gasteiger charge is 2.10. The molecule has 126 valence electrons. The quantitative estimate of drug-likeness (QED) is 0.656. The topological polar surface area (TPSA) is 68.9 Å². The fraction of sp³-hybridized carbons (Fsp3) is 0.235. The Morgan fingerprint density at radius 2 is 1.96 bits per heavy atom. The normalized spacial score (nSPS) is 14.2. The Morgan fingerprint density at radius 1 is 1.17 bits per heavy atom. The third-order valence-electron chi connectivity index (χ3n) is 3.44. The summed E-state index contributed by atoms with van der Waals surface area (Å²) in [6, 6.07) is 9.94. The standard InChI is InChI=1S/C17H17ClFN3O2/c18-13-8-11(2-4-14(13)19)10-21-17(20)22-12-3-5-15-16(9-12)24-7-1-6-23-15/h2-5,8-9H,1,6-7,10H2,(H3,20,21,22). The van der Waals surface area contributed by atoms with Crippen LogP contribution in [0.2, 0.25) is 5.02 Å². The van der Waals surface area contributed by atoms with Crippen LogP contribution in [-0.4, -0.2) is 19.2 Å². The maximum atomic E-state index is 13.1. The molecule has 5 nitrogen and oxygen atoms in total. The molecular formula is C17H17ClFN3O2. The van der Waals surface area contributed by atoms with Crippen LogP contribution in [0.5, 0.6) is 11.5 Å². The van der Waals surface area contributed by atoms with E-state index in [0.29, 0.717) is 25.5 Å². The summed E-state index contributed by atoms with van der Waals surface area (Å²) in [6.07, 6.45) is 0.848. The van der Waals surface area contributed by atoms with Crippen molar-refractivity contribution in [3.8, 4) is 11.5 Å². The number of anilines is 1. The minimum absolute atomic E-state index is 0.0668. The monoisotopic (exact) mass is 349 g/mol. The molecule has 3 N–H and O–H groups in total. The molecule has 0 saturated heterocycles. The average Bonchev–Trinajstić information content (AvgIpc) is 2.81. The largest absolute Gasteiger partial charge is 0.490 e. The van der Waals surface area contributed by atoms with Crippen molar-refractivity contribution in [3.63, 3.8) is 0 Å². The van der Waals surface area contributed by atoms with Gasteiger partial charge in [-0.2, -0.15) is 0 Å². The minimum Gasteiger partial charge on any atom is -0.490 e. The molecule has 1 aliphatic rings. The van der Waals surface area contributed by atoms with Gasteiger partial charge in [0.1, 0.15) is 5.82 Å². The summed E-state index contributed by atoms with van der Waals surface area (Å²) in [5, 5.41) is 3.06. The van der Waals surface area contributed by atoms with Crippen LogP contribution in [-0.2, 0) is 6.54 Å². The van der Waals surface area contributed by atoms with Gasteiger partial charge in [0.15, 0.2) is 17.5 Å². The van der Waals surface area contributed by atoms with Gasteiger partial charge in [0.2, 0.25) is 0 Å². The van der Waals surface area contributed by atoms with Gasteiger partial charge in [0.05, 0.1) is 24.8 Å². The average molecular weight is 350 g/mol. The molecule has 0 aromatic heterocycles. The van der Waals surface area contributed by atoms with Gasteiger partial charge >= 0.3 is 0 Å². The fourth-order valence-corrected chi connectivity index (χ4v) is 2.45. The lowest BCUT2D eigenvalue weighted by Crippen LogP contribution is -2.22. The molecule has 0 fully saturated rings. The number of hydrogen-bond donors (Lipinski definition) is 2. The van der Waals surface area contributed by atoms with Crippen molar-refractivity contribution >= 4 is 23.2 Å². The Balaban J connectivity index is 1.66. The van der Waals surface area contributed by atoms with E-state index < -0.39 is 5.82 Å². The van der Waals surface area contributed by atoms with Gasteiger partial charge in [0.25, 0.3) is 0 Å². The molecule has 2 aromatic carbocycles. The van der Waals surface area contributed by atoms with Crippen LogP contribution >= 0.6 is 11.6 Å². The lowest BCUT2D eigenvalue weighted by molar-refractivity contribution is 0.297. The van der Waals surface area contributed by atoms with Crippen LogP contribution in [0.1, 0.15) is 12.0 Å². The van der Waals surface area contributed by atoms with Crippen LogP contribution in [0.4, 0.5) is 10.1 Å². The number of benzene rings is 2. The molecule has 0 bridgehead atoms. The highest BCUT2D eigenvalue weighted by atomic mass is 35.5. The molecule has 2 aromatic rings. The second-order valence-corrected chi connectivity index (χ2v) is 5.69. The van der Waals surface area contributed by atoms with Crippen LogP contribution in [0, 0.1) is 5.82 Å². The molecule has 7 heteroatoms. The van der Waals surface area contributed by atoms with E-state index in [2.05, 4.69) is 10.3 Å². The van der Waals surface area contributed by atoms with E-state index in [1.54, 1.807) is 6.07 Å². The molecule has 24 heavy (non-hydrogen) atoms. The summed E-state index contributed by atoms with van der Waals surface area (Å²) in [7, 11) is 0. The number of nitrogens with two attached hydrogens (primary N) is 1. The molecular weight excluding hydrogens is 333 g/mol. The number of halogens is 2. The number of ether oxygens (including phenoxy) is 2. The van der Waals surface area contributed by atoms with Crippen molar-refractivity contribution in [2.45, 2.75) is 13.0 Å². The van der Waals surface area contributed by atoms with Crippen LogP contribution < -0.4 is 20.5 Å². The number of hydrogen-bond acceptors (Lipinski definition) is 3. The number of guanidine groups is 1. The van der Waals surface area contributed by atoms with Crippen molar-refractivity contribution in [2.24, 2.45) is 10.7 Å². The molecule has 0 amide bonds. The van der Waals surface area contributed by atoms with Crippen molar-refractivity contribution in [2.75, 3.05) is 18.5 Å².